The van der Waals surface area contributed by atoms with E-state index in [0.717, 1.165) is 0 Å². The average molecular weight is 281 g/mol. The van der Waals surface area contributed by atoms with E-state index in [0.29, 0.717) is 29.4 Å². The second-order valence-corrected chi connectivity index (χ2v) is 4.71. The quantitative estimate of drug-likeness (QED) is 0.900. The third kappa shape index (κ3) is 3.83. The van der Waals surface area contributed by atoms with Gasteiger partial charge in [-0.25, -0.2) is 4.98 Å². The zero-order valence-corrected chi connectivity index (χ0v) is 12.0. The summed E-state index contributed by atoms with van der Waals surface area (Å²) in [6.45, 7) is 4.20. The van der Waals surface area contributed by atoms with Gasteiger partial charge in [0.15, 0.2) is 0 Å². The van der Waals surface area contributed by atoms with Gasteiger partial charge in [-0.3, -0.25) is 4.79 Å². The molecular formula is C13H17ClN4O. The van der Waals surface area contributed by atoms with Gasteiger partial charge in [-0.05, 0) is 19.9 Å². The van der Waals surface area contributed by atoms with E-state index < -0.39 is 0 Å². The third-order valence-corrected chi connectivity index (χ3v) is 2.99. The highest BCUT2D eigenvalue weighted by molar-refractivity contribution is 6.33. The number of nitrogens with one attached hydrogen (secondary N) is 1. The SMILES string of the molecule is CNc1cc(C(=O)N(CCC#N)C(C)C)c(Cl)cn1. The van der Waals surface area contributed by atoms with Crippen molar-refractivity contribution < 1.29 is 4.79 Å². The summed E-state index contributed by atoms with van der Waals surface area (Å²) >= 11 is 6.03. The van der Waals surface area contributed by atoms with Crippen LogP contribution in [0.3, 0.4) is 0 Å². The second-order valence-electron chi connectivity index (χ2n) is 4.30. The zero-order chi connectivity index (χ0) is 14.4. The number of amides is 1. The van der Waals surface area contributed by atoms with Gasteiger partial charge < -0.3 is 10.2 Å². The summed E-state index contributed by atoms with van der Waals surface area (Å²) < 4.78 is 0. The van der Waals surface area contributed by atoms with Crippen molar-refractivity contribution in [1.82, 2.24) is 9.88 Å². The monoisotopic (exact) mass is 280 g/mol. The standard InChI is InChI=1S/C13H17ClN4O/c1-9(2)18(6-4-5-15)13(19)10-7-12(16-3)17-8-11(10)14/h7-9H,4,6H2,1-3H3,(H,16,17). The van der Waals surface area contributed by atoms with Crippen LogP contribution in [0, 0.1) is 11.3 Å². The first kappa shape index (κ1) is 15.3. The Bertz CT molecular complexity index is 496. The number of rotatable bonds is 5. The molecule has 19 heavy (non-hydrogen) atoms. The largest absolute Gasteiger partial charge is 0.373 e. The van der Waals surface area contributed by atoms with Crippen LogP contribution in [0.15, 0.2) is 12.3 Å². The molecule has 1 aromatic rings. The highest BCUT2D eigenvalue weighted by atomic mass is 35.5. The Morgan fingerprint density at radius 3 is 2.84 bits per heavy atom. The first-order valence-corrected chi connectivity index (χ1v) is 6.40. The fourth-order valence-electron chi connectivity index (χ4n) is 1.66. The molecular weight excluding hydrogens is 264 g/mol. The predicted molar refractivity (Wildman–Crippen MR) is 75.2 cm³/mol. The number of hydrogen-bond donors (Lipinski definition) is 1. The molecule has 0 aromatic carbocycles. The van der Waals surface area contributed by atoms with Gasteiger partial charge in [0.25, 0.3) is 5.91 Å². The molecule has 1 aromatic heterocycles. The minimum atomic E-state index is -0.186. The van der Waals surface area contributed by atoms with Crippen LogP contribution in [0.1, 0.15) is 30.6 Å². The topological polar surface area (TPSA) is 69.0 Å². The Balaban J connectivity index is 3.05. The summed E-state index contributed by atoms with van der Waals surface area (Å²) in [5, 5.41) is 11.8. The number of aromatic nitrogens is 1. The number of carbonyl (C=O) groups excluding carboxylic acids is 1. The Morgan fingerprint density at radius 2 is 2.32 bits per heavy atom. The summed E-state index contributed by atoms with van der Waals surface area (Å²) in [5.41, 5.74) is 0.396. The van der Waals surface area contributed by atoms with E-state index in [2.05, 4.69) is 10.3 Å². The summed E-state index contributed by atoms with van der Waals surface area (Å²) in [6, 6.07) is 3.67. The number of nitriles is 1. The van der Waals surface area contributed by atoms with Crippen molar-refractivity contribution in [3.63, 3.8) is 0 Å². The number of anilines is 1. The Kier molecular flexibility index (Phi) is 5.58. The number of hydrogen-bond acceptors (Lipinski definition) is 4. The van der Waals surface area contributed by atoms with E-state index in [9.17, 15) is 4.79 Å². The predicted octanol–water partition coefficient (Wildman–Crippen LogP) is 2.54. The lowest BCUT2D eigenvalue weighted by molar-refractivity contribution is 0.0710. The van der Waals surface area contributed by atoms with Crippen LogP contribution in [0.5, 0.6) is 0 Å². The maximum Gasteiger partial charge on any atom is 0.255 e. The Hall–Kier alpha value is -1.80. The first-order chi connectivity index (χ1) is 9.01. The molecule has 0 spiro atoms. The van der Waals surface area contributed by atoms with Crippen LogP contribution in [0.4, 0.5) is 5.82 Å². The number of nitrogens with zero attached hydrogens (tertiary/aromatic N) is 3. The van der Waals surface area contributed by atoms with Crippen LogP contribution in [-0.4, -0.2) is 35.4 Å². The zero-order valence-electron chi connectivity index (χ0n) is 11.3. The van der Waals surface area contributed by atoms with E-state index in [1.807, 2.05) is 19.9 Å². The average Bonchev–Trinajstić information content (AvgIpc) is 2.39. The molecule has 102 valence electrons. The molecule has 0 fully saturated rings. The molecule has 5 nitrogen and oxygen atoms in total. The van der Waals surface area contributed by atoms with Gasteiger partial charge in [-0.15, -0.1) is 0 Å². The third-order valence-electron chi connectivity index (χ3n) is 2.69. The van der Waals surface area contributed by atoms with E-state index in [1.165, 1.54) is 6.20 Å². The maximum absolute atomic E-state index is 12.5. The molecule has 6 heteroatoms. The molecule has 1 heterocycles. The summed E-state index contributed by atoms with van der Waals surface area (Å²) in [6.07, 6.45) is 1.74. The molecule has 1 rings (SSSR count). The molecule has 1 amide bonds. The van der Waals surface area contributed by atoms with Gasteiger partial charge in [0.1, 0.15) is 5.82 Å². The Morgan fingerprint density at radius 1 is 1.63 bits per heavy atom. The lowest BCUT2D eigenvalue weighted by Crippen LogP contribution is -2.37. The molecule has 0 radical (unpaired) electrons. The van der Waals surface area contributed by atoms with Crippen molar-refractivity contribution >= 4 is 23.3 Å². The molecule has 0 bridgehead atoms. The van der Waals surface area contributed by atoms with E-state index in [4.69, 9.17) is 16.9 Å². The van der Waals surface area contributed by atoms with Gasteiger partial charge in [0, 0.05) is 25.8 Å². The maximum atomic E-state index is 12.5. The van der Waals surface area contributed by atoms with Crippen LogP contribution in [0.2, 0.25) is 5.02 Å². The van der Waals surface area contributed by atoms with Crippen molar-refractivity contribution in [2.24, 2.45) is 0 Å². The van der Waals surface area contributed by atoms with Crippen LogP contribution in [0.25, 0.3) is 0 Å². The van der Waals surface area contributed by atoms with Crippen molar-refractivity contribution in [3.05, 3.63) is 22.8 Å². The van der Waals surface area contributed by atoms with Gasteiger partial charge in [0.05, 0.1) is 23.1 Å². The highest BCUT2D eigenvalue weighted by Crippen LogP contribution is 2.20. The van der Waals surface area contributed by atoms with Crippen molar-refractivity contribution in [1.29, 1.82) is 5.26 Å². The molecule has 0 atom stereocenters. The van der Waals surface area contributed by atoms with Crippen molar-refractivity contribution in [2.45, 2.75) is 26.3 Å². The van der Waals surface area contributed by atoms with Crippen molar-refractivity contribution in [2.75, 3.05) is 18.9 Å². The number of carbonyl (C=O) groups is 1. The van der Waals surface area contributed by atoms with Crippen LogP contribution < -0.4 is 5.32 Å². The molecule has 0 saturated heterocycles. The molecule has 0 saturated carbocycles. The molecule has 0 aliphatic rings. The highest BCUT2D eigenvalue weighted by Gasteiger charge is 2.21. The van der Waals surface area contributed by atoms with Gasteiger partial charge >= 0.3 is 0 Å². The van der Waals surface area contributed by atoms with E-state index in [1.54, 1.807) is 18.0 Å². The minimum Gasteiger partial charge on any atom is -0.373 e. The summed E-state index contributed by atoms with van der Waals surface area (Å²) in [4.78, 5) is 18.1. The fraction of sp³-hybridized carbons (Fsp3) is 0.462. The summed E-state index contributed by atoms with van der Waals surface area (Å²) in [5.74, 6) is 0.394. The number of pyridine rings is 1. The molecule has 0 aliphatic heterocycles. The van der Waals surface area contributed by atoms with Gasteiger partial charge in [-0.1, -0.05) is 11.6 Å². The fourth-order valence-corrected chi connectivity index (χ4v) is 1.84. The second kappa shape index (κ2) is 6.95. The summed E-state index contributed by atoms with van der Waals surface area (Å²) in [7, 11) is 1.72. The van der Waals surface area contributed by atoms with E-state index >= 15 is 0 Å². The lowest BCUT2D eigenvalue weighted by atomic mass is 10.2. The van der Waals surface area contributed by atoms with Crippen LogP contribution >= 0.6 is 11.6 Å². The van der Waals surface area contributed by atoms with E-state index in [-0.39, 0.29) is 11.9 Å². The van der Waals surface area contributed by atoms with Crippen molar-refractivity contribution in [3.8, 4) is 6.07 Å². The minimum absolute atomic E-state index is 0.00289. The normalized spacial score (nSPS) is 10.1. The Labute approximate surface area is 118 Å². The molecule has 1 N–H and O–H groups in total. The first-order valence-electron chi connectivity index (χ1n) is 6.02. The smallest absolute Gasteiger partial charge is 0.255 e. The van der Waals surface area contributed by atoms with Gasteiger partial charge in [0.2, 0.25) is 0 Å². The van der Waals surface area contributed by atoms with Gasteiger partial charge in [-0.2, -0.15) is 5.26 Å². The lowest BCUT2D eigenvalue weighted by Gasteiger charge is -2.26. The number of halogens is 1. The molecule has 0 aliphatic carbocycles. The van der Waals surface area contributed by atoms with Crippen LogP contribution in [-0.2, 0) is 0 Å². The molecule has 0 unspecified atom stereocenters.